The van der Waals surface area contributed by atoms with Crippen LogP contribution in [0.1, 0.15) is 15.9 Å². The highest BCUT2D eigenvalue weighted by Gasteiger charge is 2.16. The molecule has 0 saturated heterocycles. The second kappa shape index (κ2) is 8.60. The van der Waals surface area contributed by atoms with E-state index in [9.17, 15) is 9.59 Å². The van der Waals surface area contributed by atoms with Gasteiger partial charge in [-0.1, -0.05) is 24.2 Å². The smallest absolute Gasteiger partial charge is 0.251 e. The number of hydrogen-bond acceptors (Lipinski definition) is 4. The van der Waals surface area contributed by atoms with Gasteiger partial charge >= 0.3 is 0 Å². The third-order valence-electron chi connectivity index (χ3n) is 3.93. The van der Waals surface area contributed by atoms with Crippen LogP contribution in [0.3, 0.4) is 0 Å². The predicted molar refractivity (Wildman–Crippen MR) is 104 cm³/mol. The summed E-state index contributed by atoms with van der Waals surface area (Å²) in [6, 6.07) is 10.4. The van der Waals surface area contributed by atoms with Crippen molar-refractivity contribution in [1.29, 1.82) is 0 Å². The van der Waals surface area contributed by atoms with Gasteiger partial charge in [0.25, 0.3) is 5.91 Å². The van der Waals surface area contributed by atoms with Gasteiger partial charge in [-0.2, -0.15) is 0 Å². The van der Waals surface area contributed by atoms with E-state index in [0.717, 1.165) is 5.56 Å². The summed E-state index contributed by atoms with van der Waals surface area (Å²) in [4.78, 5) is 23.7. The molecule has 2 aromatic carbocycles. The molecule has 3 rings (SSSR count). The predicted octanol–water partition coefficient (Wildman–Crippen LogP) is 3.21. The molecule has 7 heteroatoms. The van der Waals surface area contributed by atoms with Gasteiger partial charge in [0.15, 0.2) is 11.5 Å². The zero-order valence-electron chi connectivity index (χ0n) is 14.6. The lowest BCUT2D eigenvalue weighted by molar-refractivity contribution is -0.111. The molecule has 0 spiro atoms. The van der Waals surface area contributed by atoms with E-state index in [2.05, 4.69) is 17.2 Å². The summed E-state index contributed by atoms with van der Waals surface area (Å²) in [5.74, 6) is 0.631. The van der Waals surface area contributed by atoms with Crippen molar-refractivity contribution in [3.8, 4) is 11.5 Å². The fourth-order valence-corrected chi connectivity index (χ4v) is 2.95. The molecular formula is C20H19ClN2O4. The highest BCUT2D eigenvalue weighted by atomic mass is 35.5. The first kappa shape index (κ1) is 18.8. The van der Waals surface area contributed by atoms with Crippen molar-refractivity contribution in [3.63, 3.8) is 0 Å². The Kier molecular flexibility index (Phi) is 5.98. The molecular weight excluding hydrogens is 368 g/mol. The van der Waals surface area contributed by atoms with Gasteiger partial charge in [-0.05, 0) is 48.4 Å². The maximum atomic E-state index is 12.3. The van der Waals surface area contributed by atoms with Crippen molar-refractivity contribution in [2.24, 2.45) is 0 Å². The van der Waals surface area contributed by atoms with Gasteiger partial charge in [-0.15, -0.1) is 0 Å². The molecule has 1 heterocycles. The van der Waals surface area contributed by atoms with Crippen LogP contribution in [0.25, 0.3) is 0 Å². The number of carbonyl (C=O) groups is 2. The molecule has 2 N–H and O–H groups in total. The highest BCUT2D eigenvalue weighted by molar-refractivity contribution is 6.32. The van der Waals surface area contributed by atoms with Gasteiger partial charge in [0.1, 0.15) is 13.2 Å². The molecule has 0 saturated carbocycles. The number of benzene rings is 2. The minimum Gasteiger partial charge on any atom is -0.486 e. The lowest BCUT2D eigenvalue weighted by atomic mass is 10.1. The Morgan fingerprint density at radius 3 is 2.81 bits per heavy atom. The SMILES string of the molecule is C=CC(=O)Nc1cccc(C(=O)NCCc2cc(Cl)c3c(c2)OCCO3)c1. The summed E-state index contributed by atoms with van der Waals surface area (Å²) in [5, 5.41) is 5.98. The first-order chi connectivity index (χ1) is 13.1. The van der Waals surface area contributed by atoms with E-state index in [1.165, 1.54) is 6.08 Å². The van der Waals surface area contributed by atoms with Crippen LogP contribution in [0, 0.1) is 0 Å². The summed E-state index contributed by atoms with van der Waals surface area (Å²) in [5.41, 5.74) is 1.93. The summed E-state index contributed by atoms with van der Waals surface area (Å²) in [7, 11) is 0. The Labute approximate surface area is 162 Å². The molecule has 1 aliphatic heterocycles. The van der Waals surface area contributed by atoms with Crippen LogP contribution >= 0.6 is 11.6 Å². The van der Waals surface area contributed by atoms with Crippen LogP contribution in [0.2, 0.25) is 5.02 Å². The fraction of sp³-hybridized carbons (Fsp3) is 0.200. The number of carbonyl (C=O) groups excluding carboxylic acids is 2. The average molecular weight is 387 g/mol. The number of anilines is 1. The summed E-state index contributed by atoms with van der Waals surface area (Å²) < 4.78 is 11.1. The van der Waals surface area contributed by atoms with Crippen LogP contribution in [0.4, 0.5) is 5.69 Å². The van der Waals surface area contributed by atoms with E-state index in [1.807, 2.05) is 12.1 Å². The van der Waals surface area contributed by atoms with Gasteiger partial charge < -0.3 is 20.1 Å². The summed E-state index contributed by atoms with van der Waals surface area (Å²) in [6.07, 6.45) is 1.76. The molecule has 0 bridgehead atoms. The number of rotatable bonds is 6. The lowest BCUT2D eigenvalue weighted by Gasteiger charge is -2.20. The molecule has 140 valence electrons. The number of nitrogens with one attached hydrogen (secondary N) is 2. The average Bonchev–Trinajstić information content (AvgIpc) is 2.68. The number of hydrogen-bond donors (Lipinski definition) is 2. The van der Waals surface area contributed by atoms with Gasteiger partial charge in [0, 0.05) is 17.8 Å². The van der Waals surface area contributed by atoms with E-state index < -0.39 is 0 Å². The number of fused-ring (bicyclic) bond motifs is 1. The van der Waals surface area contributed by atoms with E-state index in [4.69, 9.17) is 21.1 Å². The Hall–Kier alpha value is -2.99. The van der Waals surface area contributed by atoms with Gasteiger partial charge in [-0.25, -0.2) is 0 Å². The molecule has 27 heavy (non-hydrogen) atoms. The lowest BCUT2D eigenvalue weighted by Crippen LogP contribution is -2.26. The van der Waals surface area contributed by atoms with Crippen LogP contribution < -0.4 is 20.1 Å². The van der Waals surface area contributed by atoms with E-state index in [1.54, 1.807) is 24.3 Å². The van der Waals surface area contributed by atoms with E-state index in [-0.39, 0.29) is 11.8 Å². The monoisotopic (exact) mass is 386 g/mol. The summed E-state index contributed by atoms with van der Waals surface area (Å²) in [6.45, 7) is 4.80. The second-order valence-corrected chi connectivity index (χ2v) is 6.29. The minimum atomic E-state index is -0.331. The van der Waals surface area contributed by atoms with Crippen molar-refractivity contribution < 1.29 is 19.1 Å². The number of ether oxygens (including phenoxy) is 2. The molecule has 1 aliphatic rings. The van der Waals surface area contributed by atoms with Crippen LogP contribution in [0.5, 0.6) is 11.5 Å². The standard InChI is InChI=1S/C20H19ClN2O4/c1-2-18(24)23-15-5-3-4-14(12-15)20(25)22-7-6-13-10-16(21)19-17(11-13)26-8-9-27-19/h2-5,10-12H,1,6-9H2,(H,22,25)(H,23,24). The van der Waals surface area contributed by atoms with E-state index in [0.29, 0.717) is 54.0 Å². The quantitative estimate of drug-likeness (QED) is 0.747. The number of amides is 2. The van der Waals surface area contributed by atoms with Gasteiger partial charge in [-0.3, -0.25) is 9.59 Å². The Morgan fingerprint density at radius 2 is 2.00 bits per heavy atom. The molecule has 0 fully saturated rings. The first-order valence-electron chi connectivity index (χ1n) is 8.46. The topological polar surface area (TPSA) is 76.7 Å². The second-order valence-electron chi connectivity index (χ2n) is 5.88. The van der Waals surface area contributed by atoms with Crippen molar-refractivity contribution in [2.45, 2.75) is 6.42 Å². The molecule has 0 radical (unpaired) electrons. The zero-order valence-corrected chi connectivity index (χ0v) is 15.3. The largest absolute Gasteiger partial charge is 0.486 e. The molecule has 2 aromatic rings. The molecule has 0 aliphatic carbocycles. The highest BCUT2D eigenvalue weighted by Crippen LogP contribution is 2.38. The van der Waals surface area contributed by atoms with Crippen LogP contribution in [-0.4, -0.2) is 31.6 Å². The maximum absolute atomic E-state index is 12.3. The normalized spacial score (nSPS) is 12.2. The third-order valence-corrected chi connectivity index (χ3v) is 4.21. The van der Waals surface area contributed by atoms with Crippen molar-refractivity contribution in [1.82, 2.24) is 5.32 Å². The van der Waals surface area contributed by atoms with E-state index >= 15 is 0 Å². The number of halogens is 1. The van der Waals surface area contributed by atoms with Crippen LogP contribution in [-0.2, 0) is 11.2 Å². The molecule has 0 aromatic heterocycles. The first-order valence-corrected chi connectivity index (χ1v) is 8.84. The van der Waals surface area contributed by atoms with Crippen LogP contribution in [0.15, 0.2) is 49.1 Å². The molecule has 0 unspecified atom stereocenters. The Morgan fingerprint density at radius 1 is 1.19 bits per heavy atom. The van der Waals surface area contributed by atoms with Gasteiger partial charge in [0.2, 0.25) is 5.91 Å². The Balaban J connectivity index is 1.58. The third kappa shape index (κ3) is 4.80. The maximum Gasteiger partial charge on any atom is 0.251 e. The van der Waals surface area contributed by atoms with Crippen molar-refractivity contribution in [3.05, 3.63) is 65.2 Å². The molecule has 6 nitrogen and oxygen atoms in total. The summed E-state index contributed by atoms with van der Waals surface area (Å²) >= 11 is 6.22. The van der Waals surface area contributed by atoms with Crippen molar-refractivity contribution in [2.75, 3.05) is 25.1 Å². The minimum absolute atomic E-state index is 0.228. The molecule has 0 atom stereocenters. The zero-order chi connectivity index (χ0) is 19.2. The van der Waals surface area contributed by atoms with Gasteiger partial charge in [0.05, 0.1) is 5.02 Å². The Bertz CT molecular complexity index is 882. The molecule has 2 amide bonds. The van der Waals surface area contributed by atoms with Crippen molar-refractivity contribution >= 4 is 29.1 Å². The fourth-order valence-electron chi connectivity index (χ4n) is 2.66.